The molecular formula is C20H12F2KN3O2. The van der Waals surface area contributed by atoms with E-state index in [0.29, 0.717) is 16.6 Å². The van der Waals surface area contributed by atoms with Crippen molar-refractivity contribution in [2.24, 2.45) is 0 Å². The van der Waals surface area contributed by atoms with Gasteiger partial charge >= 0.3 is 51.4 Å². The number of hydrogen-bond donors (Lipinski definition) is 2. The number of aromatic amines is 1. The van der Waals surface area contributed by atoms with Gasteiger partial charge in [0, 0.05) is 28.9 Å². The van der Waals surface area contributed by atoms with Gasteiger partial charge in [0.2, 0.25) is 5.78 Å². The van der Waals surface area contributed by atoms with Crippen LogP contribution in [-0.2, 0) is 0 Å². The first-order valence-corrected chi connectivity index (χ1v) is 7.98. The number of nitrogen functional groups attached to an aromatic ring is 1. The van der Waals surface area contributed by atoms with Crippen LogP contribution in [-0.4, -0.2) is 15.8 Å². The maximum Gasteiger partial charge on any atom is 1.00 e. The minimum absolute atomic E-state index is 0. The van der Waals surface area contributed by atoms with E-state index < -0.39 is 23.0 Å². The Morgan fingerprint density at radius 1 is 1.07 bits per heavy atom. The van der Waals surface area contributed by atoms with Crippen LogP contribution in [0.15, 0.2) is 54.9 Å². The van der Waals surface area contributed by atoms with Crippen molar-refractivity contribution in [3.05, 3.63) is 77.6 Å². The molecule has 5 nitrogen and oxygen atoms in total. The number of fused-ring (bicyclic) bond motifs is 1. The van der Waals surface area contributed by atoms with Gasteiger partial charge in [-0.15, -0.1) is 5.75 Å². The smallest absolute Gasteiger partial charge is 0.872 e. The number of halogens is 2. The van der Waals surface area contributed by atoms with Crippen molar-refractivity contribution in [1.29, 1.82) is 0 Å². The standard InChI is InChI=1S/C20H13F2N3O2.K/c21-15-5-6-16(23)18(22)17(15)19(27)14-9-25-20-13(14)7-11(8-24-20)10-1-3-12(26)4-2-10;/h1-9,26H,23H2,(H,24,25);/q;+1/p-1. The summed E-state index contributed by atoms with van der Waals surface area (Å²) < 4.78 is 28.3. The van der Waals surface area contributed by atoms with Crippen LogP contribution in [0.1, 0.15) is 15.9 Å². The number of aromatic nitrogens is 2. The van der Waals surface area contributed by atoms with Crippen molar-refractivity contribution in [2.75, 3.05) is 5.73 Å². The summed E-state index contributed by atoms with van der Waals surface area (Å²) in [5.74, 6) is -3.05. The molecule has 2 aromatic heterocycles. The summed E-state index contributed by atoms with van der Waals surface area (Å²) in [5, 5.41) is 11.7. The molecule has 2 heterocycles. The Balaban J connectivity index is 0.00000225. The molecule has 0 fully saturated rings. The molecule has 0 amide bonds. The molecule has 0 saturated carbocycles. The maximum atomic E-state index is 14.2. The molecule has 0 atom stereocenters. The van der Waals surface area contributed by atoms with Gasteiger partial charge in [-0.1, -0.05) is 24.3 Å². The third kappa shape index (κ3) is 3.61. The van der Waals surface area contributed by atoms with E-state index in [1.807, 2.05) is 0 Å². The Labute approximate surface area is 201 Å². The summed E-state index contributed by atoms with van der Waals surface area (Å²) in [7, 11) is 0. The molecule has 0 unspecified atom stereocenters. The van der Waals surface area contributed by atoms with E-state index in [-0.39, 0.29) is 68.4 Å². The predicted octanol–water partition coefficient (Wildman–Crippen LogP) is 0.399. The fourth-order valence-corrected chi connectivity index (χ4v) is 2.91. The topological polar surface area (TPSA) is 94.8 Å². The number of carbonyl (C=O) groups excluding carboxylic acids is 1. The number of pyridine rings is 1. The first kappa shape index (κ1) is 20.6. The van der Waals surface area contributed by atoms with Crippen LogP contribution in [0.25, 0.3) is 22.2 Å². The molecular weight excluding hydrogens is 391 g/mol. The van der Waals surface area contributed by atoms with Crippen LogP contribution in [0.2, 0.25) is 0 Å². The molecule has 4 rings (SSSR count). The second kappa shape index (κ2) is 8.10. The van der Waals surface area contributed by atoms with E-state index in [9.17, 15) is 18.7 Å². The molecule has 2 aromatic carbocycles. The van der Waals surface area contributed by atoms with E-state index in [4.69, 9.17) is 5.73 Å². The first-order valence-electron chi connectivity index (χ1n) is 7.98. The number of nitrogens with zero attached hydrogens (tertiary/aromatic N) is 1. The van der Waals surface area contributed by atoms with Crippen LogP contribution in [0, 0.1) is 11.6 Å². The summed E-state index contributed by atoms with van der Waals surface area (Å²) in [6.07, 6.45) is 2.93. The molecule has 0 spiro atoms. The molecule has 0 aliphatic carbocycles. The maximum absolute atomic E-state index is 14.2. The van der Waals surface area contributed by atoms with E-state index in [1.54, 1.807) is 24.4 Å². The van der Waals surface area contributed by atoms with Gasteiger partial charge in [0.05, 0.1) is 11.3 Å². The molecule has 0 saturated heterocycles. The van der Waals surface area contributed by atoms with Crippen LogP contribution in [0.4, 0.5) is 14.5 Å². The fourth-order valence-electron chi connectivity index (χ4n) is 2.91. The van der Waals surface area contributed by atoms with Crippen molar-refractivity contribution in [3.63, 3.8) is 0 Å². The van der Waals surface area contributed by atoms with Crippen molar-refractivity contribution < 1.29 is 70.1 Å². The summed E-state index contributed by atoms with van der Waals surface area (Å²) in [5.41, 5.74) is 6.30. The van der Waals surface area contributed by atoms with Gasteiger partial charge in [-0.2, -0.15) is 0 Å². The minimum atomic E-state index is -1.09. The third-order valence-corrected chi connectivity index (χ3v) is 4.31. The molecule has 0 radical (unpaired) electrons. The van der Waals surface area contributed by atoms with E-state index in [2.05, 4.69) is 9.97 Å². The molecule has 28 heavy (non-hydrogen) atoms. The van der Waals surface area contributed by atoms with Gasteiger partial charge in [0.25, 0.3) is 0 Å². The zero-order chi connectivity index (χ0) is 19.1. The first-order chi connectivity index (χ1) is 13.0. The van der Waals surface area contributed by atoms with Crippen LogP contribution < -0.4 is 62.2 Å². The number of carbonyl (C=O) groups is 1. The average Bonchev–Trinajstić information content (AvgIpc) is 3.09. The Kier molecular flexibility index (Phi) is 5.97. The molecule has 134 valence electrons. The van der Waals surface area contributed by atoms with E-state index in [0.717, 1.165) is 17.7 Å². The predicted molar refractivity (Wildman–Crippen MR) is 95.2 cm³/mol. The van der Waals surface area contributed by atoms with Gasteiger partial charge in [-0.05, 0) is 23.8 Å². The van der Waals surface area contributed by atoms with Gasteiger partial charge in [0.15, 0.2) is 5.82 Å². The van der Waals surface area contributed by atoms with Crippen molar-refractivity contribution in [3.8, 4) is 16.9 Å². The largest absolute Gasteiger partial charge is 1.00 e. The van der Waals surface area contributed by atoms with Gasteiger partial charge < -0.3 is 15.8 Å². The van der Waals surface area contributed by atoms with Crippen LogP contribution >= 0.6 is 0 Å². The summed E-state index contributed by atoms with van der Waals surface area (Å²) in [6.45, 7) is 0. The molecule has 3 N–H and O–H groups in total. The number of nitrogens with two attached hydrogens (primary N) is 1. The monoisotopic (exact) mass is 403 g/mol. The SMILES string of the molecule is Nc1ccc(F)c(C(=O)c2c[nH]c3ncc(-c4ccc([O-])cc4)cc23)c1F.[K+]. The second-order valence-electron chi connectivity index (χ2n) is 6.00. The third-order valence-electron chi connectivity index (χ3n) is 4.31. The number of benzene rings is 2. The number of anilines is 1. The molecule has 0 bridgehead atoms. The van der Waals surface area contributed by atoms with Gasteiger partial charge in [0.1, 0.15) is 11.5 Å². The number of ketones is 1. The number of H-pyrrole nitrogens is 1. The fraction of sp³-hybridized carbons (Fsp3) is 0. The Bertz CT molecular complexity index is 1190. The Hall–Kier alpha value is -2.10. The minimum Gasteiger partial charge on any atom is -0.872 e. The Morgan fingerprint density at radius 3 is 2.50 bits per heavy atom. The summed E-state index contributed by atoms with van der Waals surface area (Å²) in [6, 6.07) is 9.80. The molecule has 0 aliphatic heterocycles. The number of hydrogen-bond acceptors (Lipinski definition) is 4. The average molecular weight is 403 g/mol. The van der Waals surface area contributed by atoms with E-state index >= 15 is 0 Å². The zero-order valence-electron chi connectivity index (χ0n) is 14.8. The van der Waals surface area contributed by atoms with Gasteiger partial charge in [-0.25, -0.2) is 13.8 Å². The van der Waals surface area contributed by atoms with E-state index in [1.165, 1.54) is 18.3 Å². The normalized spacial score (nSPS) is 10.6. The molecule has 0 aliphatic rings. The zero-order valence-corrected chi connectivity index (χ0v) is 17.9. The van der Waals surface area contributed by atoms with Crippen molar-refractivity contribution in [1.82, 2.24) is 9.97 Å². The van der Waals surface area contributed by atoms with Crippen molar-refractivity contribution in [2.45, 2.75) is 0 Å². The molecule has 4 aromatic rings. The summed E-state index contributed by atoms with van der Waals surface area (Å²) >= 11 is 0. The second-order valence-corrected chi connectivity index (χ2v) is 6.00. The van der Waals surface area contributed by atoms with Gasteiger partial charge in [-0.3, -0.25) is 4.79 Å². The quantitative estimate of drug-likeness (QED) is 0.294. The summed E-state index contributed by atoms with van der Waals surface area (Å²) in [4.78, 5) is 19.8. The van der Waals surface area contributed by atoms with Crippen molar-refractivity contribution >= 4 is 22.5 Å². The van der Waals surface area contributed by atoms with Crippen LogP contribution in [0.5, 0.6) is 5.75 Å². The Morgan fingerprint density at radius 2 is 1.79 bits per heavy atom. The molecule has 8 heteroatoms. The van der Waals surface area contributed by atoms with Crippen LogP contribution in [0.3, 0.4) is 0 Å². The number of nitrogens with one attached hydrogen (secondary N) is 1. The number of rotatable bonds is 3.